The van der Waals surface area contributed by atoms with Gasteiger partial charge in [-0.2, -0.15) is 5.26 Å². The van der Waals surface area contributed by atoms with Crippen LogP contribution in [0, 0.1) is 11.3 Å². The fraction of sp³-hybridized carbons (Fsp3) is 0.235. The van der Waals surface area contributed by atoms with Crippen LogP contribution in [0.3, 0.4) is 0 Å². The number of hydrogen-bond acceptors (Lipinski definition) is 4. The molecule has 1 amide bonds. The molecule has 2 aromatic rings. The Kier molecular flexibility index (Phi) is 5.10. The Bertz CT molecular complexity index is 729. The number of benzene rings is 2. The summed E-state index contributed by atoms with van der Waals surface area (Å²) in [5.74, 6) is -0.891. The number of nitrogens with one attached hydrogen (secondary N) is 1. The Morgan fingerprint density at radius 1 is 1.23 bits per heavy atom. The second-order valence-corrected chi connectivity index (χ2v) is 4.85. The summed E-state index contributed by atoms with van der Waals surface area (Å²) in [5.41, 5.74) is 0.898. The first-order chi connectivity index (χ1) is 10.6. The van der Waals surface area contributed by atoms with Crippen LogP contribution in [-0.4, -0.2) is 24.5 Å². The molecular weight excluding hydrogens is 280 g/mol. The molecule has 1 atom stereocenters. The summed E-state index contributed by atoms with van der Waals surface area (Å²) in [6.45, 7) is 1.23. The third kappa shape index (κ3) is 4.06. The molecule has 0 spiro atoms. The number of esters is 1. The molecule has 0 saturated carbocycles. The number of nitrogens with zero attached hydrogens (tertiary/aromatic N) is 1. The number of hydrogen-bond donors (Lipinski definition) is 1. The van der Waals surface area contributed by atoms with Crippen LogP contribution in [-0.2, 0) is 20.7 Å². The maximum atomic E-state index is 11.9. The Morgan fingerprint density at radius 3 is 2.73 bits per heavy atom. The van der Waals surface area contributed by atoms with Crippen molar-refractivity contribution < 1.29 is 14.3 Å². The lowest BCUT2D eigenvalue weighted by atomic mass is 10.0. The fourth-order valence-electron chi connectivity index (χ4n) is 2.12. The van der Waals surface area contributed by atoms with Crippen molar-refractivity contribution in [3.05, 3.63) is 48.0 Å². The molecule has 1 N–H and O–H groups in total. The van der Waals surface area contributed by atoms with E-state index in [4.69, 9.17) is 10.00 Å². The predicted octanol–water partition coefficient (Wildman–Crippen LogP) is 1.95. The quantitative estimate of drug-likeness (QED) is 0.855. The molecule has 2 aromatic carbocycles. The van der Waals surface area contributed by atoms with Gasteiger partial charge in [0, 0.05) is 0 Å². The lowest BCUT2D eigenvalue weighted by molar-refractivity contribution is -0.146. The second kappa shape index (κ2) is 7.23. The van der Waals surface area contributed by atoms with Gasteiger partial charge >= 0.3 is 5.97 Å². The van der Waals surface area contributed by atoms with Crippen LogP contribution >= 0.6 is 0 Å². The third-order valence-corrected chi connectivity index (χ3v) is 3.15. The minimum absolute atomic E-state index is 0.183. The fourth-order valence-corrected chi connectivity index (χ4v) is 2.12. The van der Waals surface area contributed by atoms with Crippen LogP contribution in [0.2, 0.25) is 0 Å². The Labute approximate surface area is 128 Å². The van der Waals surface area contributed by atoms with E-state index in [9.17, 15) is 9.59 Å². The van der Waals surface area contributed by atoms with Gasteiger partial charge in [0.25, 0.3) is 0 Å². The van der Waals surface area contributed by atoms with E-state index in [1.54, 1.807) is 6.07 Å². The molecule has 0 fully saturated rings. The van der Waals surface area contributed by atoms with Crippen LogP contribution in [0.1, 0.15) is 12.5 Å². The summed E-state index contributed by atoms with van der Waals surface area (Å²) < 4.78 is 4.76. The lowest BCUT2D eigenvalue weighted by Gasteiger charge is -2.09. The Balaban J connectivity index is 1.94. The highest BCUT2D eigenvalue weighted by atomic mass is 16.5. The van der Waals surface area contributed by atoms with Gasteiger partial charge in [-0.05, 0) is 23.3 Å². The van der Waals surface area contributed by atoms with E-state index in [0.717, 1.165) is 16.3 Å². The van der Waals surface area contributed by atoms with E-state index in [0.29, 0.717) is 0 Å². The van der Waals surface area contributed by atoms with Crippen molar-refractivity contribution in [3.8, 4) is 6.07 Å². The molecule has 0 aliphatic heterocycles. The zero-order valence-corrected chi connectivity index (χ0v) is 12.2. The van der Waals surface area contributed by atoms with Crippen LogP contribution < -0.4 is 5.32 Å². The number of amides is 1. The maximum absolute atomic E-state index is 11.9. The molecule has 0 radical (unpaired) electrons. The number of rotatable bonds is 5. The SMILES string of the molecule is C[C@H](C#N)OC(=O)CNC(=O)Cc1cccc2ccccc12. The van der Waals surface area contributed by atoms with E-state index in [2.05, 4.69) is 5.32 Å². The molecule has 5 nitrogen and oxygen atoms in total. The summed E-state index contributed by atoms with van der Waals surface area (Å²) in [4.78, 5) is 23.3. The minimum atomic E-state index is -0.817. The van der Waals surface area contributed by atoms with Crippen molar-refractivity contribution >= 4 is 22.6 Å². The number of nitriles is 1. The van der Waals surface area contributed by atoms with Crippen molar-refractivity contribution in [2.75, 3.05) is 6.54 Å². The molecule has 2 rings (SSSR count). The second-order valence-electron chi connectivity index (χ2n) is 4.85. The summed E-state index contributed by atoms with van der Waals surface area (Å²) in [6.07, 6.45) is -0.634. The van der Waals surface area contributed by atoms with Crippen LogP contribution in [0.4, 0.5) is 0 Å². The van der Waals surface area contributed by atoms with E-state index >= 15 is 0 Å². The van der Waals surface area contributed by atoms with Gasteiger partial charge in [-0.25, -0.2) is 0 Å². The Hall–Kier alpha value is -2.87. The Morgan fingerprint density at radius 2 is 1.95 bits per heavy atom. The number of carbonyl (C=O) groups excluding carboxylic acids is 2. The van der Waals surface area contributed by atoms with Gasteiger partial charge in [-0.3, -0.25) is 9.59 Å². The molecule has 5 heteroatoms. The van der Waals surface area contributed by atoms with Gasteiger partial charge in [0.15, 0.2) is 6.10 Å². The molecule has 0 bridgehead atoms. The van der Waals surface area contributed by atoms with Crippen molar-refractivity contribution in [3.63, 3.8) is 0 Å². The summed E-state index contributed by atoms with van der Waals surface area (Å²) in [5, 5.41) is 13.1. The average molecular weight is 296 g/mol. The largest absolute Gasteiger partial charge is 0.446 e. The zero-order chi connectivity index (χ0) is 15.9. The zero-order valence-electron chi connectivity index (χ0n) is 12.2. The standard InChI is InChI=1S/C17H16N2O3/c1-12(10-18)22-17(21)11-19-16(20)9-14-7-4-6-13-5-2-3-8-15(13)14/h2-8,12H,9,11H2,1H3,(H,19,20)/t12-/m1/s1. The van der Waals surface area contributed by atoms with Crippen molar-refractivity contribution in [2.24, 2.45) is 0 Å². The predicted molar refractivity (Wildman–Crippen MR) is 81.8 cm³/mol. The highest BCUT2D eigenvalue weighted by Gasteiger charge is 2.11. The summed E-state index contributed by atoms with van der Waals surface area (Å²) in [6, 6.07) is 15.4. The number of carbonyl (C=O) groups is 2. The molecule has 22 heavy (non-hydrogen) atoms. The van der Waals surface area contributed by atoms with Gasteiger partial charge in [0.05, 0.1) is 6.42 Å². The van der Waals surface area contributed by atoms with Crippen LogP contribution in [0.5, 0.6) is 0 Å². The molecule has 0 aliphatic carbocycles. The van der Waals surface area contributed by atoms with Gasteiger partial charge < -0.3 is 10.1 Å². The van der Waals surface area contributed by atoms with Crippen molar-refractivity contribution in [2.45, 2.75) is 19.4 Å². The maximum Gasteiger partial charge on any atom is 0.326 e. The van der Waals surface area contributed by atoms with Gasteiger partial charge in [-0.1, -0.05) is 42.5 Å². The van der Waals surface area contributed by atoms with E-state index in [-0.39, 0.29) is 18.9 Å². The number of ether oxygens (including phenoxy) is 1. The first-order valence-corrected chi connectivity index (χ1v) is 6.92. The van der Waals surface area contributed by atoms with E-state index < -0.39 is 12.1 Å². The number of fused-ring (bicyclic) bond motifs is 1. The first-order valence-electron chi connectivity index (χ1n) is 6.92. The monoisotopic (exact) mass is 296 g/mol. The lowest BCUT2D eigenvalue weighted by Crippen LogP contribution is -2.32. The van der Waals surface area contributed by atoms with Gasteiger partial charge in [0.1, 0.15) is 12.6 Å². The molecule has 0 heterocycles. The van der Waals surface area contributed by atoms with Gasteiger partial charge in [-0.15, -0.1) is 0 Å². The molecule has 112 valence electrons. The summed E-state index contributed by atoms with van der Waals surface area (Å²) in [7, 11) is 0. The van der Waals surface area contributed by atoms with E-state index in [1.165, 1.54) is 6.92 Å². The smallest absolute Gasteiger partial charge is 0.326 e. The van der Waals surface area contributed by atoms with Crippen LogP contribution in [0.25, 0.3) is 10.8 Å². The molecule has 0 saturated heterocycles. The van der Waals surface area contributed by atoms with E-state index in [1.807, 2.05) is 42.5 Å². The minimum Gasteiger partial charge on any atom is -0.446 e. The first kappa shape index (κ1) is 15.5. The summed E-state index contributed by atoms with van der Waals surface area (Å²) >= 11 is 0. The van der Waals surface area contributed by atoms with Crippen molar-refractivity contribution in [1.82, 2.24) is 5.32 Å². The topological polar surface area (TPSA) is 79.2 Å². The third-order valence-electron chi connectivity index (χ3n) is 3.15. The average Bonchev–Trinajstić information content (AvgIpc) is 2.53. The van der Waals surface area contributed by atoms with Crippen molar-refractivity contribution in [1.29, 1.82) is 5.26 Å². The molecule has 0 aliphatic rings. The normalized spacial score (nSPS) is 11.5. The highest BCUT2D eigenvalue weighted by molar-refractivity contribution is 5.91. The van der Waals surface area contributed by atoms with Gasteiger partial charge in [0.2, 0.25) is 5.91 Å². The molecule has 0 unspecified atom stereocenters. The molecule has 0 aromatic heterocycles. The van der Waals surface area contributed by atoms with Crippen LogP contribution in [0.15, 0.2) is 42.5 Å². The molecular formula is C17H16N2O3. The highest BCUT2D eigenvalue weighted by Crippen LogP contribution is 2.18.